The fourth-order valence-corrected chi connectivity index (χ4v) is 4.83. The number of pyridine rings is 1. The molecule has 0 radical (unpaired) electrons. The van der Waals surface area contributed by atoms with E-state index in [1.807, 2.05) is 30.9 Å². The van der Waals surface area contributed by atoms with E-state index in [1.54, 1.807) is 17.3 Å². The van der Waals surface area contributed by atoms with Gasteiger partial charge in [0.05, 0.1) is 23.4 Å². The summed E-state index contributed by atoms with van der Waals surface area (Å²) in [5.41, 5.74) is 0.719. The van der Waals surface area contributed by atoms with Crippen LogP contribution in [0.2, 0.25) is 0 Å². The van der Waals surface area contributed by atoms with E-state index in [0.717, 1.165) is 36.6 Å². The van der Waals surface area contributed by atoms with Crippen LogP contribution < -0.4 is 4.74 Å². The maximum Gasteiger partial charge on any atom is 0.266 e. The molecule has 148 valence electrons. The molecule has 4 rings (SSSR count). The standard InChI is InChI=1S/C20H24N4O3S/c1-13-18(28-14(2)22-13)20(26)24-12-16(27-15-6-5-7-21-11-15)10-17(24)19(25)23-8-3-4-9-23/h5-7,11,16-17H,3-4,8-10,12H2,1-2H3/t16-,17-/m0/s1. The minimum atomic E-state index is -0.492. The summed E-state index contributed by atoms with van der Waals surface area (Å²) in [4.78, 5) is 39.0. The topological polar surface area (TPSA) is 75.6 Å². The molecule has 2 aliphatic rings. The van der Waals surface area contributed by atoms with Gasteiger partial charge in [0.15, 0.2) is 0 Å². The summed E-state index contributed by atoms with van der Waals surface area (Å²) in [5.74, 6) is 0.555. The summed E-state index contributed by atoms with van der Waals surface area (Å²) >= 11 is 1.38. The molecule has 0 saturated carbocycles. The molecule has 0 aliphatic carbocycles. The predicted octanol–water partition coefficient (Wildman–Crippen LogP) is 2.44. The largest absolute Gasteiger partial charge is 0.487 e. The second-order valence-corrected chi connectivity index (χ2v) is 8.52. The number of carbonyl (C=O) groups excluding carboxylic acids is 2. The number of aryl methyl sites for hydroxylation is 2. The first kappa shape index (κ1) is 18.9. The van der Waals surface area contributed by atoms with E-state index < -0.39 is 6.04 Å². The third-order valence-electron chi connectivity index (χ3n) is 5.26. The lowest BCUT2D eigenvalue weighted by Gasteiger charge is -2.27. The van der Waals surface area contributed by atoms with Crippen molar-refractivity contribution in [1.82, 2.24) is 19.8 Å². The highest BCUT2D eigenvalue weighted by molar-refractivity contribution is 7.13. The second kappa shape index (κ2) is 7.87. The number of ether oxygens (including phenoxy) is 1. The van der Waals surface area contributed by atoms with Crippen LogP contribution in [0, 0.1) is 13.8 Å². The van der Waals surface area contributed by atoms with E-state index in [0.29, 0.717) is 23.6 Å². The molecule has 2 fully saturated rings. The maximum atomic E-state index is 13.3. The van der Waals surface area contributed by atoms with Crippen molar-refractivity contribution in [3.05, 3.63) is 40.1 Å². The van der Waals surface area contributed by atoms with Crippen LogP contribution in [0.15, 0.2) is 24.5 Å². The predicted molar refractivity (Wildman–Crippen MR) is 105 cm³/mol. The van der Waals surface area contributed by atoms with Crippen molar-refractivity contribution >= 4 is 23.2 Å². The summed E-state index contributed by atoms with van der Waals surface area (Å²) < 4.78 is 6.03. The smallest absolute Gasteiger partial charge is 0.266 e. The van der Waals surface area contributed by atoms with Crippen LogP contribution in [-0.2, 0) is 4.79 Å². The van der Waals surface area contributed by atoms with Crippen molar-refractivity contribution in [3.63, 3.8) is 0 Å². The number of aromatic nitrogens is 2. The van der Waals surface area contributed by atoms with Crippen molar-refractivity contribution < 1.29 is 14.3 Å². The number of hydrogen-bond acceptors (Lipinski definition) is 6. The molecule has 0 spiro atoms. The summed E-state index contributed by atoms with van der Waals surface area (Å²) in [6.07, 6.45) is 5.64. The van der Waals surface area contributed by atoms with Gasteiger partial charge in [0.1, 0.15) is 22.8 Å². The van der Waals surface area contributed by atoms with Crippen molar-refractivity contribution in [2.24, 2.45) is 0 Å². The van der Waals surface area contributed by atoms with E-state index >= 15 is 0 Å². The molecule has 0 N–H and O–H groups in total. The van der Waals surface area contributed by atoms with E-state index in [-0.39, 0.29) is 17.9 Å². The van der Waals surface area contributed by atoms with Gasteiger partial charge in [-0.3, -0.25) is 14.6 Å². The van der Waals surface area contributed by atoms with Crippen LogP contribution in [0.1, 0.15) is 39.6 Å². The molecular weight excluding hydrogens is 376 g/mol. The van der Waals surface area contributed by atoms with Crippen molar-refractivity contribution in [2.75, 3.05) is 19.6 Å². The zero-order chi connectivity index (χ0) is 19.7. The lowest BCUT2D eigenvalue weighted by Crippen LogP contribution is -2.46. The highest BCUT2D eigenvalue weighted by Crippen LogP contribution is 2.29. The van der Waals surface area contributed by atoms with Crippen LogP contribution in [0.4, 0.5) is 0 Å². The number of rotatable bonds is 4. The molecule has 2 aromatic heterocycles. The first-order valence-corrected chi connectivity index (χ1v) is 10.4. The molecule has 2 amide bonds. The molecule has 28 heavy (non-hydrogen) atoms. The highest BCUT2D eigenvalue weighted by Gasteiger charge is 2.43. The third kappa shape index (κ3) is 3.73. The first-order chi connectivity index (χ1) is 13.5. The summed E-state index contributed by atoms with van der Waals surface area (Å²) in [5, 5.41) is 0.852. The number of hydrogen-bond donors (Lipinski definition) is 0. The first-order valence-electron chi connectivity index (χ1n) is 9.63. The van der Waals surface area contributed by atoms with Crippen LogP contribution in [0.3, 0.4) is 0 Å². The molecule has 0 unspecified atom stereocenters. The lowest BCUT2D eigenvalue weighted by molar-refractivity contribution is -0.134. The minimum absolute atomic E-state index is 0.0297. The molecule has 2 aliphatic heterocycles. The molecular formula is C20H24N4O3S. The molecule has 0 bridgehead atoms. The van der Waals surface area contributed by atoms with Gasteiger partial charge in [-0.25, -0.2) is 4.98 Å². The fourth-order valence-electron chi connectivity index (χ4n) is 3.96. The van der Waals surface area contributed by atoms with Gasteiger partial charge in [-0.05, 0) is 38.8 Å². The molecule has 2 saturated heterocycles. The zero-order valence-electron chi connectivity index (χ0n) is 16.1. The average Bonchev–Trinajstić information content (AvgIpc) is 3.42. The van der Waals surface area contributed by atoms with E-state index in [1.165, 1.54) is 11.3 Å². The molecule has 8 heteroatoms. The van der Waals surface area contributed by atoms with E-state index in [2.05, 4.69) is 9.97 Å². The van der Waals surface area contributed by atoms with Crippen LogP contribution in [-0.4, -0.2) is 63.4 Å². The Kier molecular flexibility index (Phi) is 5.30. The van der Waals surface area contributed by atoms with Gasteiger partial charge in [-0.2, -0.15) is 0 Å². The normalized spacial score (nSPS) is 21.9. The van der Waals surface area contributed by atoms with Gasteiger partial charge < -0.3 is 14.5 Å². The Labute approximate surface area is 168 Å². The summed E-state index contributed by atoms with van der Waals surface area (Å²) in [7, 11) is 0. The SMILES string of the molecule is Cc1nc(C)c(C(=O)N2C[C@@H](Oc3cccnc3)C[C@H]2C(=O)N2CCCC2)s1. The Bertz CT molecular complexity index is 864. The van der Waals surface area contributed by atoms with E-state index in [9.17, 15) is 9.59 Å². The zero-order valence-corrected chi connectivity index (χ0v) is 16.9. The van der Waals surface area contributed by atoms with Gasteiger partial charge in [0, 0.05) is 25.7 Å². The van der Waals surface area contributed by atoms with Gasteiger partial charge >= 0.3 is 0 Å². The molecule has 2 atom stereocenters. The number of nitrogens with zero attached hydrogens (tertiary/aromatic N) is 4. The number of amides is 2. The molecule has 2 aromatic rings. The second-order valence-electron chi connectivity index (χ2n) is 7.32. The van der Waals surface area contributed by atoms with Gasteiger partial charge in [0.2, 0.25) is 5.91 Å². The van der Waals surface area contributed by atoms with Crippen LogP contribution in [0.25, 0.3) is 0 Å². The molecule has 4 heterocycles. The fraction of sp³-hybridized carbons (Fsp3) is 0.500. The summed E-state index contributed by atoms with van der Waals surface area (Å²) in [6.45, 7) is 5.65. The number of likely N-dealkylation sites (tertiary alicyclic amines) is 2. The Morgan fingerprint density at radius 1 is 1.25 bits per heavy atom. The lowest BCUT2D eigenvalue weighted by atomic mass is 10.1. The van der Waals surface area contributed by atoms with Gasteiger partial charge in [0.25, 0.3) is 5.91 Å². The van der Waals surface area contributed by atoms with E-state index in [4.69, 9.17) is 4.74 Å². The van der Waals surface area contributed by atoms with Crippen molar-refractivity contribution in [1.29, 1.82) is 0 Å². The molecule has 0 aromatic carbocycles. The average molecular weight is 401 g/mol. The Balaban J connectivity index is 1.57. The minimum Gasteiger partial charge on any atom is -0.487 e. The molecule has 7 nitrogen and oxygen atoms in total. The van der Waals surface area contributed by atoms with Gasteiger partial charge in [-0.15, -0.1) is 11.3 Å². The Morgan fingerprint density at radius 3 is 2.68 bits per heavy atom. The Hall–Kier alpha value is -2.48. The van der Waals surface area contributed by atoms with Crippen LogP contribution in [0.5, 0.6) is 5.75 Å². The highest BCUT2D eigenvalue weighted by atomic mass is 32.1. The van der Waals surface area contributed by atoms with Crippen LogP contribution >= 0.6 is 11.3 Å². The summed E-state index contributed by atoms with van der Waals surface area (Å²) in [6, 6.07) is 3.16. The van der Waals surface area contributed by atoms with Crippen molar-refractivity contribution in [3.8, 4) is 5.75 Å². The monoisotopic (exact) mass is 400 g/mol. The maximum absolute atomic E-state index is 13.3. The number of thiazole rings is 1. The van der Waals surface area contributed by atoms with Gasteiger partial charge in [-0.1, -0.05) is 0 Å². The quantitative estimate of drug-likeness (QED) is 0.788. The number of carbonyl (C=O) groups is 2. The van der Waals surface area contributed by atoms with Crippen molar-refractivity contribution in [2.45, 2.75) is 45.3 Å². The third-order valence-corrected chi connectivity index (χ3v) is 6.32. The Morgan fingerprint density at radius 2 is 2.04 bits per heavy atom.